The summed E-state index contributed by atoms with van der Waals surface area (Å²) in [4.78, 5) is 0. The van der Waals surface area contributed by atoms with Crippen LogP contribution in [0.4, 0.5) is 0 Å². The maximum atomic E-state index is 9.02. The number of ether oxygens (including phenoxy) is 1. The Balaban J connectivity index is 2.46. The highest BCUT2D eigenvalue weighted by atomic mass is 16.5. The highest BCUT2D eigenvalue weighted by Gasteiger charge is 2.11. The third-order valence-corrected chi connectivity index (χ3v) is 3.05. The molecule has 0 saturated carbocycles. The lowest BCUT2D eigenvalue weighted by molar-refractivity contribution is 0.244. The molecule has 2 N–H and O–H groups in total. The molecule has 18 heavy (non-hydrogen) atoms. The molecule has 1 unspecified atom stereocenters. The van der Waals surface area contributed by atoms with Gasteiger partial charge in [0, 0.05) is 19.2 Å². The molecule has 3 nitrogen and oxygen atoms in total. The van der Waals surface area contributed by atoms with Gasteiger partial charge in [0.05, 0.1) is 6.61 Å². The summed E-state index contributed by atoms with van der Waals surface area (Å²) in [5, 5.41) is 12.5. The van der Waals surface area contributed by atoms with Crippen molar-refractivity contribution in [3.8, 4) is 5.75 Å². The molecule has 0 spiro atoms. The van der Waals surface area contributed by atoms with Crippen LogP contribution < -0.4 is 10.1 Å². The van der Waals surface area contributed by atoms with E-state index in [-0.39, 0.29) is 6.61 Å². The number of benzene rings is 1. The van der Waals surface area contributed by atoms with Crippen LogP contribution in [0.5, 0.6) is 5.75 Å². The van der Waals surface area contributed by atoms with E-state index in [0.717, 1.165) is 18.7 Å². The minimum Gasteiger partial charge on any atom is -0.494 e. The highest BCUT2D eigenvalue weighted by Crippen LogP contribution is 2.13. The van der Waals surface area contributed by atoms with Crippen LogP contribution >= 0.6 is 0 Å². The minimum atomic E-state index is 0.235. The Morgan fingerprint density at radius 1 is 1.22 bits per heavy atom. The van der Waals surface area contributed by atoms with Crippen LogP contribution in [0.15, 0.2) is 24.3 Å². The zero-order chi connectivity index (χ0) is 13.4. The van der Waals surface area contributed by atoms with Crippen LogP contribution in [0, 0.1) is 5.92 Å². The number of aliphatic hydroxyl groups excluding tert-OH is 1. The van der Waals surface area contributed by atoms with E-state index in [1.807, 2.05) is 19.1 Å². The monoisotopic (exact) mass is 251 g/mol. The van der Waals surface area contributed by atoms with Gasteiger partial charge in [-0.25, -0.2) is 0 Å². The SMILES string of the molecule is CCOc1ccc(CNC(CCO)C(C)C)cc1. The van der Waals surface area contributed by atoms with Gasteiger partial charge in [0.2, 0.25) is 0 Å². The fourth-order valence-electron chi connectivity index (χ4n) is 1.93. The fourth-order valence-corrected chi connectivity index (χ4v) is 1.93. The average Bonchev–Trinajstić information content (AvgIpc) is 2.36. The Bertz CT molecular complexity index is 322. The van der Waals surface area contributed by atoms with E-state index < -0.39 is 0 Å². The molecule has 0 saturated heterocycles. The van der Waals surface area contributed by atoms with E-state index in [1.54, 1.807) is 0 Å². The molecule has 3 heteroatoms. The molecule has 0 aliphatic rings. The van der Waals surface area contributed by atoms with Gasteiger partial charge in [-0.15, -0.1) is 0 Å². The lowest BCUT2D eigenvalue weighted by Crippen LogP contribution is -2.34. The molecule has 0 aromatic heterocycles. The van der Waals surface area contributed by atoms with Crippen molar-refractivity contribution >= 4 is 0 Å². The second-order valence-electron chi connectivity index (χ2n) is 4.82. The van der Waals surface area contributed by atoms with Crippen molar-refractivity contribution in [2.24, 2.45) is 5.92 Å². The van der Waals surface area contributed by atoms with Crippen LogP contribution in [0.3, 0.4) is 0 Å². The summed E-state index contributed by atoms with van der Waals surface area (Å²) in [5.74, 6) is 1.44. The number of hydrogen-bond donors (Lipinski definition) is 2. The van der Waals surface area contributed by atoms with Gasteiger partial charge in [0.15, 0.2) is 0 Å². The van der Waals surface area contributed by atoms with Gasteiger partial charge in [-0.05, 0) is 37.0 Å². The molecule has 1 atom stereocenters. The molecule has 0 fully saturated rings. The molecular weight excluding hydrogens is 226 g/mol. The summed E-state index contributed by atoms with van der Waals surface area (Å²) < 4.78 is 5.41. The molecule has 0 bridgehead atoms. The molecule has 0 amide bonds. The molecule has 0 radical (unpaired) electrons. The van der Waals surface area contributed by atoms with Crippen LogP contribution in [0.2, 0.25) is 0 Å². The van der Waals surface area contributed by atoms with Gasteiger partial charge in [0.1, 0.15) is 5.75 Å². The first-order valence-corrected chi connectivity index (χ1v) is 6.73. The summed E-state index contributed by atoms with van der Waals surface area (Å²) in [7, 11) is 0. The maximum absolute atomic E-state index is 9.02. The first kappa shape index (κ1) is 15.0. The van der Waals surface area contributed by atoms with Gasteiger partial charge < -0.3 is 15.2 Å². The summed E-state index contributed by atoms with van der Waals surface area (Å²) in [6.07, 6.45) is 0.800. The van der Waals surface area contributed by atoms with Crippen molar-refractivity contribution in [2.75, 3.05) is 13.2 Å². The largest absolute Gasteiger partial charge is 0.494 e. The second-order valence-corrected chi connectivity index (χ2v) is 4.82. The van der Waals surface area contributed by atoms with E-state index >= 15 is 0 Å². The summed E-state index contributed by atoms with van der Waals surface area (Å²) in [6.45, 7) is 8.09. The van der Waals surface area contributed by atoms with Gasteiger partial charge in [0.25, 0.3) is 0 Å². The lowest BCUT2D eigenvalue weighted by Gasteiger charge is -2.21. The Labute approximate surface area is 110 Å². The Morgan fingerprint density at radius 2 is 1.89 bits per heavy atom. The van der Waals surface area contributed by atoms with E-state index in [1.165, 1.54) is 5.56 Å². The van der Waals surface area contributed by atoms with Crippen LogP contribution in [0.25, 0.3) is 0 Å². The predicted molar refractivity (Wildman–Crippen MR) is 74.8 cm³/mol. The molecule has 0 aliphatic heterocycles. The second kappa shape index (κ2) is 8.11. The fraction of sp³-hybridized carbons (Fsp3) is 0.600. The van der Waals surface area contributed by atoms with Crippen molar-refractivity contribution in [1.82, 2.24) is 5.32 Å². The number of rotatable bonds is 8. The Kier molecular flexibility index (Phi) is 6.76. The smallest absolute Gasteiger partial charge is 0.119 e. The Hall–Kier alpha value is -1.06. The van der Waals surface area contributed by atoms with Crippen molar-refractivity contribution in [3.63, 3.8) is 0 Å². The van der Waals surface area contributed by atoms with Crippen molar-refractivity contribution in [2.45, 2.75) is 39.8 Å². The third-order valence-electron chi connectivity index (χ3n) is 3.05. The van der Waals surface area contributed by atoms with Gasteiger partial charge in [-0.2, -0.15) is 0 Å². The van der Waals surface area contributed by atoms with Gasteiger partial charge in [-0.1, -0.05) is 26.0 Å². The molecule has 1 aromatic carbocycles. The number of aliphatic hydroxyl groups is 1. The highest BCUT2D eigenvalue weighted by molar-refractivity contribution is 5.27. The zero-order valence-corrected chi connectivity index (χ0v) is 11.6. The van der Waals surface area contributed by atoms with E-state index in [4.69, 9.17) is 9.84 Å². The molecule has 1 rings (SSSR count). The zero-order valence-electron chi connectivity index (χ0n) is 11.6. The van der Waals surface area contributed by atoms with E-state index in [0.29, 0.717) is 18.6 Å². The van der Waals surface area contributed by atoms with E-state index in [2.05, 4.69) is 31.3 Å². The van der Waals surface area contributed by atoms with Gasteiger partial charge in [-0.3, -0.25) is 0 Å². The molecule has 1 aromatic rings. The van der Waals surface area contributed by atoms with Crippen LogP contribution in [-0.2, 0) is 6.54 Å². The molecular formula is C15H25NO2. The first-order valence-electron chi connectivity index (χ1n) is 6.73. The topological polar surface area (TPSA) is 41.5 Å². The van der Waals surface area contributed by atoms with Crippen molar-refractivity contribution in [3.05, 3.63) is 29.8 Å². The van der Waals surface area contributed by atoms with Crippen molar-refractivity contribution < 1.29 is 9.84 Å². The van der Waals surface area contributed by atoms with Crippen LogP contribution in [0.1, 0.15) is 32.8 Å². The summed E-state index contributed by atoms with van der Waals surface area (Å²) >= 11 is 0. The normalized spacial score (nSPS) is 12.7. The molecule has 102 valence electrons. The predicted octanol–water partition coefficient (Wildman–Crippen LogP) is 2.58. The average molecular weight is 251 g/mol. The maximum Gasteiger partial charge on any atom is 0.119 e. The summed E-state index contributed by atoms with van der Waals surface area (Å²) in [6, 6.07) is 8.51. The lowest BCUT2D eigenvalue weighted by atomic mass is 10.0. The van der Waals surface area contributed by atoms with Crippen LogP contribution in [-0.4, -0.2) is 24.4 Å². The molecule has 0 aliphatic carbocycles. The number of nitrogens with one attached hydrogen (secondary N) is 1. The minimum absolute atomic E-state index is 0.235. The quantitative estimate of drug-likeness (QED) is 0.746. The van der Waals surface area contributed by atoms with Gasteiger partial charge >= 0.3 is 0 Å². The van der Waals surface area contributed by atoms with Crippen molar-refractivity contribution in [1.29, 1.82) is 0 Å². The third kappa shape index (κ3) is 5.07. The Morgan fingerprint density at radius 3 is 2.39 bits per heavy atom. The molecule has 0 heterocycles. The number of hydrogen-bond acceptors (Lipinski definition) is 3. The summed E-state index contributed by atoms with van der Waals surface area (Å²) in [5.41, 5.74) is 1.24. The first-order chi connectivity index (χ1) is 8.67. The standard InChI is InChI=1S/C15H25NO2/c1-4-18-14-7-5-13(6-8-14)11-16-15(9-10-17)12(2)3/h5-8,12,15-17H,4,9-11H2,1-3H3. The van der Waals surface area contributed by atoms with E-state index in [9.17, 15) is 0 Å².